The van der Waals surface area contributed by atoms with E-state index in [1.54, 1.807) is 16.9 Å². The van der Waals surface area contributed by atoms with Gasteiger partial charge in [0.2, 0.25) is 11.7 Å². The third kappa shape index (κ3) is 4.36. The van der Waals surface area contributed by atoms with E-state index in [1.807, 2.05) is 41.7 Å². The number of amides is 1. The van der Waals surface area contributed by atoms with E-state index >= 15 is 0 Å². The van der Waals surface area contributed by atoms with Gasteiger partial charge in [-0.25, -0.2) is 0 Å². The zero-order valence-corrected chi connectivity index (χ0v) is 18.4. The molecule has 0 aliphatic rings. The normalized spacial score (nSPS) is 12.5. The van der Waals surface area contributed by atoms with Gasteiger partial charge in [0, 0.05) is 6.54 Å². The lowest BCUT2D eigenvalue weighted by molar-refractivity contribution is -0.120. The summed E-state index contributed by atoms with van der Waals surface area (Å²) in [6.45, 7) is 4.87. The minimum absolute atomic E-state index is 0.0626. The van der Waals surface area contributed by atoms with E-state index in [1.165, 1.54) is 11.8 Å². The molecule has 0 aliphatic heterocycles. The standard InChI is InChI=1S/C22H25N5O3S/c1-3-4-7-12-26-20(29)17-10-5-6-11-18(17)27-21(26)24-25-22(27)31-15(2)19(28)23-14-16-9-8-13-30-16/h5-6,8-11,13,15H,3-4,7,12,14H2,1-2H3,(H,23,28). The Morgan fingerprint density at radius 1 is 1.19 bits per heavy atom. The summed E-state index contributed by atoms with van der Waals surface area (Å²) in [6.07, 6.45) is 4.57. The fraction of sp³-hybridized carbons (Fsp3) is 0.364. The first-order chi connectivity index (χ1) is 15.1. The topological polar surface area (TPSA) is 94.4 Å². The van der Waals surface area contributed by atoms with Gasteiger partial charge in [0.1, 0.15) is 5.76 Å². The van der Waals surface area contributed by atoms with Gasteiger partial charge in [0.05, 0.1) is 29.0 Å². The van der Waals surface area contributed by atoms with Gasteiger partial charge in [0.15, 0.2) is 5.16 Å². The van der Waals surface area contributed by atoms with E-state index < -0.39 is 5.25 Å². The van der Waals surface area contributed by atoms with Crippen molar-refractivity contribution in [3.05, 3.63) is 58.8 Å². The molecule has 0 radical (unpaired) electrons. The van der Waals surface area contributed by atoms with Gasteiger partial charge in [-0.15, -0.1) is 10.2 Å². The lowest BCUT2D eigenvalue weighted by Gasteiger charge is -2.13. The van der Waals surface area contributed by atoms with Gasteiger partial charge in [0.25, 0.3) is 5.56 Å². The fourth-order valence-corrected chi connectivity index (χ4v) is 4.35. The Morgan fingerprint density at radius 2 is 2.03 bits per heavy atom. The van der Waals surface area contributed by atoms with Gasteiger partial charge in [-0.05, 0) is 37.6 Å². The molecule has 162 valence electrons. The van der Waals surface area contributed by atoms with E-state index in [4.69, 9.17) is 4.42 Å². The molecule has 3 heterocycles. The number of hydrogen-bond acceptors (Lipinski definition) is 6. The highest BCUT2D eigenvalue weighted by Crippen LogP contribution is 2.25. The lowest BCUT2D eigenvalue weighted by atomic mass is 10.2. The number of benzene rings is 1. The molecule has 1 amide bonds. The monoisotopic (exact) mass is 439 g/mol. The minimum Gasteiger partial charge on any atom is -0.467 e. The molecule has 0 fully saturated rings. The molecule has 8 nitrogen and oxygen atoms in total. The van der Waals surface area contributed by atoms with Crippen molar-refractivity contribution in [1.29, 1.82) is 0 Å². The summed E-state index contributed by atoms with van der Waals surface area (Å²) in [4.78, 5) is 25.6. The first kappa shape index (κ1) is 21.2. The van der Waals surface area contributed by atoms with Crippen LogP contribution >= 0.6 is 11.8 Å². The highest BCUT2D eigenvalue weighted by molar-refractivity contribution is 8.00. The van der Waals surface area contributed by atoms with Crippen LogP contribution in [0.1, 0.15) is 38.9 Å². The maximum atomic E-state index is 13.1. The van der Waals surface area contributed by atoms with Crippen molar-refractivity contribution >= 4 is 34.3 Å². The smallest absolute Gasteiger partial charge is 0.262 e. The number of fused-ring (bicyclic) bond motifs is 3. The molecule has 1 N–H and O–H groups in total. The molecule has 4 aromatic rings. The molecule has 1 unspecified atom stereocenters. The zero-order valence-electron chi connectivity index (χ0n) is 17.6. The molecule has 0 saturated carbocycles. The number of nitrogens with one attached hydrogen (secondary N) is 1. The third-order valence-corrected chi connectivity index (χ3v) is 6.17. The van der Waals surface area contributed by atoms with Crippen LogP contribution < -0.4 is 10.9 Å². The number of thioether (sulfide) groups is 1. The van der Waals surface area contributed by atoms with Gasteiger partial charge in [-0.1, -0.05) is 43.7 Å². The SMILES string of the molecule is CCCCCn1c(=O)c2ccccc2n2c(SC(C)C(=O)NCc3ccco3)nnc12. The molecule has 1 aromatic carbocycles. The van der Waals surface area contributed by atoms with Crippen molar-refractivity contribution in [3.8, 4) is 0 Å². The molecular weight excluding hydrogens is 414 g/mol. The minimum atomic E-state index is -0.401. The summed E-state index contributed by atoms with van der Waals surface area (Å²) < 4.78 is 8.83. The van der Waals surface area contributed by atoms with E-state index in [2.05, 4.69) is 22.4 Å². The highest BCUT2D eigenvalue weighted by Gasteiger charge is 2.21. The average molecular weight is 440 g/mol. The first-order valence-electron chi connectivity index (χ1n) is 10.4. The van der Waals surface area contributed by atoms with Gasteiger partial charge < -0.3 is 9.73 Å². The molecule has 31 heavy (non-hydrogen) atoms. The van der Waals surface area contributed by atoms with E-state index in [-0.39, 0.29) is 11.5 Å². The maximum absolute atomic E-state index is 13.1. The second-order valence-corrected chi connectivity index (χ2v) is 8.66. The molecule has 3 aromatic heterocycles. The Balaban J connectivity index is 1.65. The van der Waals surface area contributed by atoms with Gasteiger partial charge in [-0.2, -0.15) is 0 Å². The van der Waals surface area contributed by atoms with Crippen molar-refractivity contribution in [2.24, 2.45) is 0 Å². The van der Waals surface area contributed by atoms with Crippen molar-refractivity contribution < 1.29 is 9.21 Å². The Morgan fingerprint density at radius 3 is 2.81 bits per heavy atom. The summed E-state index contributed by atoms with van der Waals surface area (Å²) in [7, 11) is 0. The number of hydrogen-bond donors (Lipinski definition) is 1. The number of rotatable bonds is 9. The molecular formula is C22H25N5O3S. The number of furan rings is 1. The van der Waals surface area contributed by atoms with Crippen LogP contribution in [0.3, 0.4) is 0 Å². The summed E-state index contributed by atoms with van der Waals surface area (Å²) in [5, 5.41) is 12.3. The Bertz CT molecular complexity index is 1250. The summed E-state index contributed by atoms with van der Waals surface area (Å²) in [5.41, 5.74) is 0.678. The number of nitrogens with zero attached hydrogens (tertiary/aromatic N) is 4. The summed E-state index contributed by atoms with van der Waals surface area (Å²) >= 11 is 1.31. The number of para-hydroxylation sites is 1. The van der Waals surface area contributed by atoms with Gasteiger partial charge >= 0.3 is 0 Å². The molecule has 0 bridgehead atoms. The largest absolute Gasteiger partial charge is 0.467 e. The molecule has 0 aliphatic carbocycles. The predicted molar refractivity (Wildman–Crippen MR) is 120 cm³/mol. The van der Waals surface area contributed by atoms with Gasteiger partial charge in [-0.3, -0.25) is 18.6 Å². The number of aromatic nitrogens is 4. The fourth-order valence-electron chi connectivity index (χ4n) is 3.47. The number of carbonyl (C=O) groups excluding carboxylic acids is 1. The second kappa shape index (κ2) is 9.38. The highest BCUT2D eigenvalue weighted by atomic mass is 32.2. The van der Waals surface area contributed by atoms with Crippen LogP contribution in [-0.4, -0.2) is 30.3 Å². The van der Waals surface area contributed by atoms with Crippen LogP contribution in [0.15, 0.2) is 57.0 Å². The van der Waals surface area contributed by atoms with Crippen LogP contribution in [0.4, 0.5) is 0 Å². The van der Waals surface area contributed by atoms with Crippen molar-refractivity contribution in [3.63, 3.8) is 0 Å². The Kier molecular flexibility index (Phi) is 6.41. The van der Waals surface area contributed by atoms with E-state index in [0.717, 1.165) is 24.8 Å². The van der Waals surface area contributed by atoms with Crippen molar-refractivity contribution in [2.45, 2.75) is 56.6 Å². The number of aryl methyl sites for hydroxylation is 1. The van der Waals surface area contributed by atoms with Crippen molar-refractivity contribution in [2.75, 3.05) is 0 Å². The Labute approximate surface area is 183 Å². The van der Waals surface area contributed by atoms with Crippen molar-refractivity contribution in [1.82, 2.24) is 24.5 Å². The van der Waals surface area contributed by atoms with E-state index in [9.17, 15) is 9.59 Å². The van der Waals surface area contributed by atoms with E-state index in [0.29, 0.717) is 35.2 Å². The first-order valence-corrected chi connectivity index (χ1v) is 11.3. The number of unbranched alkanes of at least 4 members (excludes halogenated alkanes) is 2. The predicted octanol–water partition coefficient (Wildman–Crippen LogP) is 3.62. The van der Waals surface area contributed by atoms with Crippen LogP contribution in [0.5, 0.6) is 0 Å². The number of carbonyl (C=O) groups is 1. The van der Waals surface area contributed by atoms with Crippen LogP contribution in [-0.2, 0) is 17.9 Å². The Hall–Kier alpha value is -3.07. The van der Waals surface area contributed by atoms with Crippen LogP contribution in [0.2, 0.25) is 0 Å². The van der Waals surface area contributed by atoms with Crippen LogP contribution in [0.25, 0.3) is 16.7 Å². The quantitative estimate of drug-likeness (QED) is 0.316. The second-order valence-electron chi connectivity index (χ2n) is 7.36. The molecule has 0 saturated heterocycles. The zero-order chi connectivity index (χ0) is 21.8. The lowest BCUT2D eigenvalue weighted by Crippen LogP contribution is -2.30. The molecule has 1 atom stereocenters. The molecule has 4 rings (SSSR count). The summed E-state index contributed by atoms with van der Waals surface area (Å²) in [6, 6.07) is 11.0. The maximum Gasteiger partial charge on any atom is 0.262 e. The molecule has 0 spiro atoms. The average Bonchev–Trinajstić information content (AvgIpc) is 3.45. The molecule has 9 heteroatoms. The third-order valence-electron chi connectivity index (χ3n) is 5.13. The van der Waals surface area contributed by atoms with Crippen LogP contribution in [0, 0.1) is 0 Å². The summed E-state index contributed by atoms with van der Waals surface area (Å²) in [5.74, 6) is 1.07.